The van der Waals surface area contributed by atoms with Crippen molar-refractivity contribution in [1.82, 2.24) is 0 Å². The summed E-state index contributed by atoms with van der Waals surface area (Å²) in [4.78, 5) is 25.0. The van der Waals surface area contributed by atoms with Gasteiger partial charge in [-0.25, -0.2) is 4.79 Å². The molecule has 29 heavy (non-hydrogen) atoms. The summed E-state index contributed by atoms with van der Waals surface area (Å²) < 4.78 is 21.0. The third-order valence-corrected chi connectivity index (χ3v) is 4.21. The minimum atomic E-state index is -1.05. The highest BCUT2D eigenvalue weighted by atomic mass is 16.6. The highest BCUT2D eigenvalue weighted by molar-refractivity contribution is 5.99. The molecule has 150 valence electrons. The minimum absolute atomic E-state index is 0.0406. The summed E-state index contributed by atoms with van der Waals surface area (Å²) in [6, 6.07) is 15.9. The molecule has 0 aliphatic rings. The Balaban J connectivity index is 1.69. The zero-order valence-electron chi connectivity index (χ0n) is 16.3. The minimum Gasteiger partial charge on any atom is -0.497 e. The van der Waals surface area contributed by atoms with Crippen LogP contribution in [0.5, 0.6) is 11.5 Å². The molecule has 2 aromatic carbocycles. The normalized spacial score (nSPS) is 11.4. The Morgan fingerprint density at radius 1 is 0.966 bits per heavy atom. The molecular formula is C22H21NO6. The number of hydrogen-bond acceptors (Lipinski definition) is 6. The van der Waals surface area contributed by atoms with Gasteiger partial charge in [0, 0.05) is 29.4 Å². The third-order valence-electron chi connectivity index (χ3n) is 4.21. The third kappa shape index (κ3) is 4.76. The van der Waals surface area contributed by atoms with E-state index < -0.39 is 18.0 Å². The number of esters is 1. The smallest absolute Gasteiger partial charge is 0.375 e. The lowest BCUT2D eigenvalue weighted by atomic mass is 10.1. The number of methoxy groups -OCH3 is 2. The summed E-state index contributed by atoms with van der Waals surface area (Å²) >= 11 is 0. The first-order valence-corrected chi connectivity index (χ1v) is 8.89. The molecule has 3 aromatic rings. The van der Waals surface area contributed by atoms with E-state index in [1.165, 1.54) is 27.4 Å². The van der Waals surface area contributed by atoms with Gasteiger partial charge < -0.3 is 23.9 Å². The molecule has 1 atom stereocenters. The van der Waals surface area contributed by atoms with Crippen LogP contribution in [0, 0.1) is 0 Å². The van der Waals surface area contributed by atoms with E-state index in [9.17, 15) is 9.59 Å². The zero-order chi connectivity index (χ0) is 20.8. The number of furan rings is 1. The van der Waals surface area contributed by atoms with Gasteiger partial charge in [0.15, 0.2) is 6.10 Å². The predicted octanol–water partition coefficient (Wildman–Crippen LogP) is 4.15. The van der Waals surface area contributed by atoms with Crippen molar-refractivity contribution in [2.75, 3.05) is 19.5 Å². The number of amides is 1. The van der Waals surface area contributed by atoms with Gasteiger partial charge in [0.05, 0.1) is 20.5 Å². The second-order valence-electron chi connectivity index (χ2n) is 6.17. The molecule has 1 amide bonds. The Morgan fingerprint density at radius 3 is 2.24 bits per heavy atom. The second kappa shape index (κ2) is 8.97. The van der Waals surface area contributed by atoms with Crippen molar-refractivity contribution < 1.29 is 28.2 Å². The van der Waals surface area contributed by atoms with E-state index in [4.69, 9.17) is 18.6 Å². The van der Waals surface area contributed by atoms with Crippen LogP contribution in [0.4, 0.5) is 5.69 Å². The van der Waals surface area contributed by atoms with Crippen LogP contribution in [0.2, 0.25) is 0 Å². The maximum absolute atomic E-state index is 12.5. The largest absolute Gasteiger partial charge is 0.497 e. The summed E-state index contributed by atoms with van der Waals surface area (Å²) in [6.07, 6.45) is 0.361. The van der Waals surface area contributed by atoms with Gasteiger partial charge in [0.25, 0.3) is 5.91 Å². The number of carbonyl (C=O) groups excluding carboxylic acids is 2. The van der Waals surface area contributed by atoms with Crippen molar-refractivity contribution in [2.24, 2.45) is 0 Å². The van der Waals surface area contributed by atoms with Gasteiger partial charge in [-0.1, -0.05) is 30.3 Å². The highest BCUT2D eigenvalue weighted by Crippen LogP contribution is 2.27. The molecule has 0 saturated heterocycles. The molecule has 7 heteroatoms. The number of benzene rings is 2. The maximum Gasteiger partial charge on any atom is 0.375 e. The van der Waals surface area contributed by atoms with Crippen molar-refractivity contribution in [3.05, 3.63) is 66.6 Å². The predicted molar refractivity (Wildman–Crippen MR) is 107 cm³/mol. The van der Waals surface area contributed by atoms with Crippen LogP contribution < -0.4 is 14.8 Å². The molecule has 1 unspecified atom stereocenters. The van der Waals surface area contributed by atoms with E-state index in [-0.39, 0.29) is 5.76 Å². The summed E-state index contributed by atoms with van der Waals surface area (Å²) in [5, 5.41) is 2.68. The lowest BCUT2D eigenvalue weighted by Gasteiger charge is -2.14. The molecule has 0 spiro atoms. The first-order chi connectivity index (χ1) is 14.0. The standard InChI is InChI=1S/C22H21NO6/c1-14(21(24)23-16-11-17(26-2)13-18(12-16)27-3)29-22(25)20-19(9-10-28-20)15-7-5-4-6-8-15/h4-14H,1-3H3,(H,23,24). The highest BCUT2D eigenvalue weighted by Gasteiger charge is 2.24. The van der Waals surface area contributed by atoms with Crippen molar-refractivity contribution >= 4 is 17.6 Å². The number of carbonyl (C=O) groups is 2. The monoisotopic (exact) mass is 395 g/mol. The van der Waals surface area contributed by atoms with E-state index in [0.29, 0.717) is 22.7 Å². The van der Waals surface area contributed by atoms with Gasteiger partial charge in [-0.3, -0.25) is 4.79 Å². The van der Waals surface area contributed by atoms with Crippen LogP contribution in [0.3, 0.4) is 0 Å². The van der Waals surface area contributed by atoms with Gasteiger partial charge in [0.2, 0.25) is 5.76 Å². The van der Waals surface area contributed by atoms with Crippen molar-refractivity contribution in [3.8, 4) is 22.6 Å². The van der Waals surface area contributed by atoms with Gasteiger partial charge in [0.1, 0.15) is 11.5 Å². The molecule has 1 N–H and O–H groups in total. The fourth-order valence-corrected chi connectivity index (χ4v) is 2.70. The van der Waals surface area contributed by atoms with Crippen LogP contribution in [0.15, 0.2) is 65.3 Å². The first-order valence-electron chi connectivity index (χ1n) is 8.89. The zero-order valence-corrected chi connectivity index (χ0v) is 16.3. The Kier molecular flexibility index (Phi) is 6.19. The molecule has 0 aliphatic heterocycles. The molecule has 0 bridgehead atoms. The van der Waals surface area contributed by atoms with E-state index in [1.54, 1.807) is 24.3 Å². The average Bonchev–Trinajstić information content (AvgIpc) is 3.24. The summed E-state index contributed by atoms with van der Waals surface area (Å²) in [5.74, 6) is -0.139. The van der Waals surface area contributed by atoms with E-state index in [1.807, 2.05) is 30.3 Å². The Morgan fingerprint density at radius 2 is 1.62 bits per heavy atom. The second-order valence-corrected chi connectivity index (χ2v) is 6.17. The van der Waals surface area contributed by atoms with Gasteiger partial charge in [-0.15, -0.1) is 0 Å². The average molecular weight is 395 g/mol. The molecule has 7 nitrogen and oxygen atoms in total. The number of anilines is 1. The van der Waals surface area contributed by atoms with Gasteiger partial charge >= 0.3 is 5.97 Å². The fourth-order valence-electron chi connectivity index (χ4n) is 2.70. The van der Waals surface area contributed by atoms with Crippen LogP contribution in [-0.4, -0.2) is 32.2 Å². The molecule has 0 saturated carbocycles. The quantitative estimate of drug-likeness (QED) is 0.605. The Bertz CT molecular complexity index is 973. The molecule has 0 fully saturated rings. The number of ether oxygens (including phenoxy) is 3. The van der Waals surface area contributed by atoms with Gasteiger partial charge in [-0.05, 0) is 18.6 Å². The SMILES string of the molecule is COc1cc(NC(=O)C(C)OC(=O)c2occc2-c2ccccc2)cc(OC)c1. The van der Waals surface area contributed by atoms with Gasteiger partial charge in [-0.2, -0.15) is 0 Å². The number of hydrogen-bond donors (Lipinski definition) is 1. The summed E-state index contributed by atoms with van der Waals surface area (Å²) in [6.45, 7) is 1.48. The summed E-state index contributed by atoms with van der Waals surface area (Å²) in [7, 11) is 3.02. The summed E-state index contributed by atoms with van der Waals surface area (Å²) in [5.41, 5.74) is 1.87. The van der Waals surface area contributed by atoms with E-state index in [0.717, 1.165) is 5.56 Å². The molecule has 0 radical (unpaired) electrons. The van der Waals surface area contributed by atoms with E-state index >= 15 is 0 Å². The van der Waals surface area contributed by atoms with Crippen LogP contribution in [0.1, 0.15) is 17.5 Å². The lowest BCUT2D eigenvalue weighted by molar-refractivity contribution is -0.123. The number of rotatable bonds is 7. The molecule has 3 rings (SSSR count). The fraction of sp³-hybridized carbons (Fsp3) is 0.182. The molecule has 0 aliphatic carbocycles. The Labute approximate surface area is 168 Å². The van der Waals surface area contributed by atoms with Crippen LogP contribution in [0.25, 0.3) is 11.1 Å². The maximum atomic E-state index is 12.5. The Hall–Kier alpha value is -3.74. The molecule has 1 heterocycles. The molecular weight excluding hydrogens is 374 g/mol. The molecule has 1 aromatic heterocycles. The van der Waals surface area contributed by atoms with Crippen molar-refractivity contribution in [1.29, 1.82) is 0 Å². The van der Waals surface area contributed by atoms with E-state index in [2.05, 4.69) is 5.32 Å². The van der Waals surface area contributed by atoms with Crippen LogP contribution >= 0.6 is 0 Å². The number of nitrogens with one attached hydrogen (secondary N) is 1. The van der Waals surface area contributed by atoms with Crippen molar-refractivity contribution in [2.45, 2.75) is 13.0 Å². The lowest BCUT2D eigenvalue weighted by Crippen LogP contribution is -2.30. The topological polar surface area (TPSA) is 87.0 Å². The van der Waals surface area contributed by atoms with Crippen molar-refractivity contribution in [3.63, 3.8) is 0 Å². The first kappa shape index (κ1) is 20.0. The van der Waals surface area contributed by atoms with Crippen LogP contribution in [-0.2, 0) is 9.53 Å².